The zero-order valence-corrected chi connectivity index (χ0v) is 13.8. The quantitative estimate of drug-likeness (QED) is 0.868. The van der Waals surface area contributed by atoms with Crippen molar-refractivity contribution in [3.63, 3.8) is 0 Å². The monoisotopic (exact) mass is 320 g/mol. The molecule has 22 heavy (non-hydrogen) atoms. The minimum atomic E-state index is -0.0310. The molecular weight excluding hydrogens is 300 g/mol. The molecule has 0 bridgehead atoms. The molecule has 0 spiro atoms. The van der Waals surface area contributed by atoms with Gasteiger partial charge in [0.05, 0.1) is 0 Å². The Balaban J connectivity index is 1.68. The zero-order valence-electron chi connectivity index (χ0n) is 13.0. The van der Waals surface area contributed by atoms with Crippen LogP contribution >= 0.6 is 11.6 Å². The number of fused-ring (bicyclic) bond motifs is 1. The van der Waals surface area contributed by atoms with Crippen molar-refractivity contribution < 1.29 is 9.21 Å². The van der Waals surface area contributed by atoms with Crippen LogP contribution < -0.4 is 0 Å². The highest BCUT2D eigenvalue weighted by molar-refractivity contribution is 6.31. The number of furan rings is 1. The van der Waals surface area contributed by atoms with E-state index in [-0.39, 0.29) is 5.91 Å². The van der Waals surface area contributed by atoms with Crippen LogP contribution in [0.25, 0.3) is 11.0 Å². The Morgan fingerprint density at radius 2 is 1.95 bits per heavy atom. The zero-order chi connectivity index (χ0) is 15.7. The number of amides is 1. The molecule has 0 atom stereocenters. The fraction of sp³-hybridized carbons (Fsp3) is 0.471. The molecule has 1 fully saturated rings. The molecule has 118 valence electrons. The minimum absolute atomic E-state index is 0.0310. The summed E-state index contributed by atoms with van der Waals surface area (Å²) in [6, 6.07) is 7.17. The van der Waals surface area contributed by atoms with Gasteiger partial charge < -0.3 is 9.32 Å². The van der Waals surface area contributed by atoms with Crippen molar-refractivity contribution in [2.75, 3.05) is 32.7 Å². The van der Waals surface area contributed by atoms with Crippen molar-refractivity contribution in [3.05, 3.63) is 35.0 Å². The van der Waals surface area contributed by atoms with E-state index in [1.165, 1.54) is 0 Å². The molecule has 1 aromatic heterocycles. The lowest BCUT2D eigenvalue weighted by molar-refractivity contribution is 0.0595. The summed E-state index contributed by atoms with van der Waals surface area (Å²) in [5.41, 5.74) is 0.700. The molecule has 0 aliphatic carbocycles. The van der Waals surface area contributed by atoms with Crippen LogP contribution in [-0.4, -0.2) is 48.4 Å². The number of carbonyl (C=O) groups excluding carboxylic acids is 1. The first-order chi connectivity index (χ1) is 10.5. The molecular formula is C17H21ClN2O2. The van der Waals surface area contributed by atoms with E-state index >= 15 is 0 Å². The summed E-state index contributed by atoms with van der Waals surface area (Å²) in [5.74, 6) is 1.02. The molecule has 1 aromatic carbocycles. The van der Waals surface area contributed by atoms with Gasteiger partial charge in [0.25, 0.3) is 5.91 Å². The summed E-state index contributed by atoms with van der Waals surface area (Å²) in [6.07, 6.45) is 0. The highest BCUT2D eigenvalue weighted by Gasteiger charge is 2.24. The summed E-state index contributed by atoms with van der Waals surface area (Å²) < 4.78 is 5.67. The van der Waals surface area contributed by atoms with Crippen molar-refractivity contribution in [1.82, 2.24) is 9.80 Å². The SMILES string of the molecule is CC(C)CN1CCN(C(=O)c2cc3cc(Cl)ccc3o2)CC1. The molecule has 3 rings (SSSR count). The van der Waals surface area contributed by atoms with Gasteiger partial charge in [-0.3, -0.25) is 9.69 Å². The molecule has 2 heterocycles. The number of carbonyl (C=O) groups is 1. The van der Waals surface area contributed by atoms with Gasteiger partial charge in [-0.25, -0.2) is 0 Å². The van der Waals surface area contributed by atoms with E-state index in [4.69, 9.17) is 16.0 Å². The number of piperazine rings is 1. The second kappa shape index (κ2) is 6.31. The summed E-state index contributed by atoms with van der Waals surface area (Å²) in [4.78, 5) is 16.8. The molecule has 1 saturated heterocycles. The van der Waals surface area contributed by atoms with Crippen molar-refractivity contribution in [3.8, 4) is 0 Å². The average Bonchev–Trinajstić information content (AvgIpc) is 2.89. The van der Waals surface area contributed by atoms with E-state index in [9.17, 15) is 4.79 Å². The lowest BCUT2D eigenvalue weighted by Gasteiger charge is -2.35. The highest BCUT2D eigenvalue weighted by Crippen LogP contribution is 2.24. The first-order valence-corrected chi connectivity index (χ1v) is 8.11. The summed E-state index contributed by atoms with van der Waals surface area (Å²) in [6.45, 7) is 8.89. The standard InChI is InChI=1S/C17H21ClN2O2/c1-12(2)11-19-5-7-20(8-6-19)17(21)16-10-13-9-14(18)3-4-15(13)22-16/h3-4,9-10,12H,5-8,11H2,1-2H3. The second-order valence-electron chi connectivity index (χ2n) is 6.28. The van der Waals surface area contributed by atoms with Crippen LogP contribution in [0, 0.1) is 5.92 Å². The number of halogens is 1. The van der Waals surface area contributed by atoms with Crippen LogP contribution in [0.2, 0.25) is 5.02 Å². The maximum Gasteiger partial charge on any atom is 0.289 e. The van der Waals surface area contributed by atoms with Crippen LogP contribution in [0.15, 0.2) is 28.7 Å². The van der Waals surface area contributed by atoms with Crippen LogP contribution in [0.1, 0.15) is 24.4 Å². The molecule has 0 unspecified atom stereocenters. The van der Waals surface area contributed by atoms with E-state index in [2.05, 4.69) is 18.7 Å². The molecule has 0 radical (unpaired) electrons. The van der Waals surface area contributed by atoms with Gasteiger partial charge in [0, 0.05) is 43.1 Å². The fourth-order valence-electron chi connectivity index (χ4n) is 2.93. The van der Waals surface area contributed by atoms with Gasteiger partial charge in [0.1, 0.15) is 5.58 Å². The number of hydrogen-bond donors (Lipinski definition) is 0. The van der Waals surface area contributed by atoms with Crippen LogP contribution in [0.5, 0.6) is 0 Å². The van der Waals surface area contributed by atoms with Crippen LogP contribution in [0.4, 0.5) is 0 Å². The van der Waals surface area contributed by atoms with Gasteiger partial charge in [0.15, 0.2) is 5.76 Å². The Morgan fingerprint density at radius 1 is 1.23 bits per heavy atom. The average molecular weight is 321 g/mol. The van der Waals surface area contributed by atoms with Gasteiger partial charge in [-0.05, 0) is 30.2 Å². The Morgan fingerprint density at radius 3 is 2.64 bits per heavy atom. The maximum absolute atomic E-state index is 12.6. The molecule has 4 nitrogen and oxygen atoms in total. The molecule has 1 aliphatic heterocycles. The molecule has 0 saturated carbocycles. The van der Waals surface area contributed by atoms with E-state index in [1.54, 1.807) is 18.2 Å². The third-order valence-corrected chi connectivity index (χ3v) is 4.21. The first kappa shape index (κ1) is 15.4. The van der Waals surface area contributed by atoms with Gasteiger partial charge in [-0.2, -0.15) is 0 Å². The Labute approximate surface area is 135 Å². The largest absolute Gasteiger partial charge is 0.451 e. The second-order valence-corrected chi connectivity index (χ2v) is 6.72. The van der Waals surface area contributed by atoms with E-state index in [1.807, 2.05) is 11.0 Å². The molecule has 5 heteroatoms. The lowest BCUT2D eigenvalue weighted by atomic mass is 10.2. The van der Waals surface area contributed by atoms with Crippen molar-refractivity contribution in [2.24, 2.45) is 5.92 Å². The summed E-state index contributed by atoms with van der Waals surface area (Å²) in [5, 5.41) is 1.52. The molecule has 2 aromatic rings. The first-order valence-electron chi connectivity index (χ1n) is 7.73. The third-order valence-electron chi connectivity index (χ3n) is 3.97. The van der Waals surface area contributed by atoms with Crippen molar-refractivity contribution in [1.29, 1.82) is 0 Å². The Bertz CT molecular complexity index is 672. The predicted octanol–water partition coefficient (Wildman–Crippen LogP) is 3.50. The summed E-state index contributed by atoms with van der Waals surface area (Å²) >= 11 is 5.97. The van der Waals surface area contributed by atoms with Gasteiger partial charge in [0.2, 0.25) is 0 Å². The Hall–Kier alpha value is -1.52. The van der Waals surface area contributed by atoms with Crippen LogP contribution in [0.3, 0.4) is 0 Å². The van der Waals surface area contributed by atoms with E-state index in [0.717, 1.165) is 38.1 Å². The molecule has 0 N–H and O–H groups in total. The maximum atomic E-state index is 12.6. The van der Waals surface area contributed by atoms with Crippen molar-refractivity contribution >= 4 is 28.5 Å². The topological polar surface area (TPSA) is 36.7 Å². The number of rotatable bonds is 3. The van der Waals surface area contributed by atoms with Crippen LogP contribution in [-0.2, 0) is 0 Å². The molecule has 1 amide bonds. The van der Waals surface area contributed by atoms with Crippen molar-refractivity contribution in [2.45, 2.75) is 13.8 Å². The smallest absolute Gasteiger partial charge is 0.289 e. The van der Waals surface area contributed by atoms with Gasteiger partial charge >= 0.3 is 0 Å². The normalized spacial score (nSPS) is 16.6. The van der Waals surface area contributed by atoms with E-state index in [0.29, 0.717) is 22.3 Å². The minimum Gasteiger partial charge on any atom is -0.451 e. The number of nitrogens with zero attached hydrogens (tertiary/aromatic N) is 2. The van der Waals surface area contributed by atoms with Gasteiger partial charge in [-0.1, -0.05) is 25.4 Å². The Kier molecular flexibility index (Phi) is 4.41. The fourth-order valence-corrected chi connectivity index (χ4v) is 3.11. The van der Waals surface area contributed by atoms with Gasteiger partial charge in [-0.15, -0.1) is 0 Å². The summed E-state index contributed by atoms with van der Waals surface area (Å²) in [7, 11) is 0. The molecule has 1 aliphatic rings. The van der Waals surface area contributed by atoms with E-state index < -0.39 is 0 Å². The third kappa shape index (κ3) is 3.28. The predicted molar refractivity (Wildman–Crippen MR) is 88.4 cm³/mol. The number of benzene rings is 1. The number of hydrogen-bond acceptors (Lipinski definition) is 3. The lowest BCUT2D eigenvalue weighted by Crippen LogP contribution is -2.49. The highest BCUT2D eigenvalue weighted by atomic mass is 35.5.